The average Bonchev–Trinajstić information content (AvgIpc) is 2.98. The van der Waals surface area contributed by atoms with Crippen LogP contribution in [0.15, 0.2) is 60.7 Å². The number of ether oxygens (including phenoxy) is 1. The molecule has 0 radical (unpaired) electrons. The summed E-state index contributed by atoms with van der Waals surface area (Å²) in [5.74, 6) is -0.393. The van der Waals surface area contributed by atoms with Crippen LogP contribution in [0.2, 0.25) is 0 Å². The Morgan fingerprint density at radius 1 is 1.11 bits per heavy atom. The summed E-state index contributed by atoms with van der Waals surface area (Å²) in [4.78, 5) is 30.7. The molecule has 1 aliphatic rings. The molecule has 5 nitrogen and oxygen atoms in total. The molecule has 3 rings (SSSR count). The number of carbonyl (C=O) groups is 2. The fraction of sp³-hybridized carbons (Fsp3) is 0.333. The number of hydrogen-bond acceptors (Lipinski definition) is 4. The Morgan fingerprint density at radius 3 is 2.30 bits per heavy atom. The van der Waals surface area contributed by atoms with Crippen molar-refractivity contribution in [3.63, 3.8) is 0 Å². The van der Waals surface area contributed by atoms with Crippen LogP contribution in [0.1, 0.15) is 31.9 Å². The average molecular weight is 432 g/mol. The molecule has 0 N–H and O–H groups in total. The van der Waals surface area contributed by atoms with E-state index in [9.17, 15) is 9.59 Å². The Kier molecular flexibility index (Phi) is 5.58. The van der Waals surface area contributed by atoms with Crippen LogP contribution >= 0.6 is 0 Å². The Morgan fingerprint density at radius 2 is 1.70 bits per heavy atom. The minimum absolute atomic E-state index is 0.149. The molecule has 1 aliphatic heterocycles. The molecule has 1 amide bonds. The van der Waals surface area contributed by atoms with Crippen molar-refractivity contribution in [3.05, 3.63) is 71.8 Å². The van der Waals surface area contributed by atoms with Gasteiger partial charge in [-0.3, -0.25) is 0 Å². The normalized spacial score (nSPS) is 19.7. The van der Waals surface area contributed by atoms with E-state index in [0.717, 1.165) is 21.5 Å². The molecule has 27 heavy (non-hydrogen) atoms. The van der Waals surface area contributed by atoms with Gasteiger partial charge in [-0.25, -0.2) is 0 Å². The van der Waals surface area contributed by atoms with Crippen LogP contribution in [0.25, 0.3) is 0 Å². The summed E-state index contributed by atoms with van der Waals surface area (Å²) in [7, 11) is 0. The second-order valence-electron chi connectivity index (χ2n) is 7.36. The Hall–Kier alpha value is -2.30. The van der Waals surface area contributed by atoms with Crippen molar-refractivity contribution in [2.24, 2.45) is 0 Å². The van der Waals surface area contributed by atoms with Crippen LogP contribution in [0.5, 0.6) is 0 Å². The van der Waals surface area contributed by atoms with Gasteiger partial charge in [0.2, 0.25) is 0 Å². The molecule has 2 aromatic rings. The summed E-state index contributed by atoms with van der Waals surface area (Å²) in [5, 5.41) is 1.83. The van der Waals surface area contributed by atoms with Crippen LogP contribution in [0.3, 0.4) is 0 Å². The summed E-state index contributed by atoms with van der Waals surface area (Å²) in [6.07, 6.45) is -0.635. The maximum absolute atomic E-state index is 12.9. The van der Waals surface area contributed by atoms with Gasteiger partial charge < -0.3 is 0 Å². The zero-order valence-corrected chi connectivity index (χ0v) is 17.4. The van der Waals surface area contributed by atoms with E-state index in [4.69, 9.17) is 9.57 Å². The predicted molar refractivity (Wildman–Crippen MR) is 103 cm³/mol. The molecule has 142 valence electrons. The van der Waals surface area contributed by atoms with E-state index in [1.165, 1.54) is 0 Å². The fourth-order valence-electron chi connectivity index (χ4n) is 2.77. The van der Waals surface area contributed by atoms with Gasteiger partial charge in [0, 0.05) is 0 Å². The number of nitrogens with zero attached hydrogens (tertiary/aromatic N) is 1. The van der Waals surface area contributed by atoms with Crippen LogP contribution in [-0.4, -0.2) is 44.2 Å². The fourth-order valence-corrected chi connectivity index (χ4v) is 5.44. The van der Waals surface area contributed by atoms with Crippen LogP contribution < -0.4 is 0 Å². The summed E-state index contributed by atoms with van der Waals surface area (Å²) in [5.41, 5.74) is 1.38. The quantitative estimate of drug-likeness (QED) is 0.695. The number of rotatable bonds is 4. The van der Waals surface area contributed by atoms with Gasteiger partial charge in [-0.15, -0.1) is 0 Å². The van der Waals surface area contributed by atoms with Crippen LogP contribution in [0, 0.1) is 0 Å². The molecule has 6 heteroatoms. The molecule has 0 saturated carbocycles. The minimum atomic E-state index is -0.846. The van der Waals surface area contributed by atoms with Crippen molar-refractivity contribution >= 4 is 27.0 Å². The van der Waals surface area contributed by atoms with Gasteiger partial charge in [0.1, 0.15) is 0 Å². The van der Waals surface area contributed by atoms with Gasteiger partial charge >= 0.3 is 166 Å². The first-order chi connectivity index (χ1) is 12.8. The molecule has 0 aromatic heterocycles. The van der Waals surface area contributed by atoms with Crippen molar-refractivity contribution < 1.29 is 19.2 Å². The summed E-state index contributed by atoms with van der Waals surface area (Å²) >= 11 is -0.149. The molecule has 0 spiro atoms. The molecule has 1 heterocycles. The van der Waals surface area contributed by atoms with Gasteiger partial charge in [-0.05, 0) is 0 Å². The summed E-state index contributed by atoms with van der Waals surface area (Å²) in [6.45, 7) is 5.52. The van der Waals surface area contributed by atoms with E-state index in [1.54, 1.807) is 20.8 Å². The van der Waals surface area contributed by atoms with E-state index >= 15 is 0 Å². The van der Waals surface area contributed by atoms with Gasteiger partial charge in [0.15, 0.2) is 0 Å². The van der Waals surface area contributed by atoms with E-state index in [1.807, 2.05) is 60.7 Å². The number of hydroxylamine groups is 2. The molecule has 1 atom stereocenters. The van der Waals surface area contributed by atoms with Gasteiger partial charge in [-0.1, -0.05) is 0 Å². The van der Waals surface area contributed by atoms with E-state index in [-0.39, 0.29) is 21.5 Å². The van der Waals surface area contributed by atoms with E-state index in [0.29, 0.717) is 0 Å². The second-order valence-corrected chi connectivity index (χ2v) is 10.0. The summed E-state index contributed by atoms with van der Waals surface area (Å²) in [6, 6.07) is 19.6. The molecular weight excluding hydrogens is 409 g/mol. The summed E-state index contributed by atoms with van der Waals surface area (Å²) < 4.78 is 4.53. The third kappa shape index (κ3) is 4.52. The molecule has 1 unspecified atom stereocenters. The third-order valence-electron chi connectivity index (χ3n) is 4.05. The molecule has 1 fully saturated rings. The molecule has 1 saturated heterocycles. The van der Waals surface area contributed by atoms with E-state index < -0.39 is 22.0 Å². The number of hydrogen-bond donors (Lipinski definition) is 0. The molecule has 0 bridgehead atoms. The number of carbonyl (C=O) groups excluding carboxylic acids is 2. The van der Waals surface area contributed by atoms with Crippen molar-refractivity contribution in [2.45, 2.75) is 36.0 Å². The van der Waals surface area contributed by atoms with Crippen molar-refractivity contribution in [3.8, 4) is 0 Å². The number of amides is 1. The van der Waals surface area contributed by atoms with Gasteiger partial charge in [0.05, 0.1) is 0 Å². The molecular formula is C21H23NO4Se. The molecule has 2 aromatic carbocycles. The van der Waals surface area contributed by atoms with Crippen molar-refractivity contribution in [2.75, 3.05) is 6.54 Å². The SMILES string of the molecule is CC(C)(C)OC(=O)N1CC([Se]Cc2ccccc2)(c2ccccc2)C(=O)O1. The molecule has 0 aliphatic carbocycles. The zero-order chi connectivity index (χ0) is 19.5. The van der Waals surface area contributed by atoms with Gasteiger partial charge in [0.25, 0.3) is 0 Å². The van der Waals surface area contributed by atoms with E-state index in [2.05, 4.69) is 0 Å². The Bertz CT molecular complexity index is 804. The van der Waals surface area contributed by atoms with Crippen molar-refractivity contribution in [1.29, 1.82) is 0 Å². The Balaban J connectivity index is 1.86. The zero-order valence-electron chi connectivity index (χ0n) is 15.7. The Labute approximate surface area is 165 Å². The maximum atomic E-state index is 12.9. The first-order valence-electron chi connectivity index (χ1n) is 8.76. The second kappa shape index (κ2) is 7.75. The van der Waals surface area contributed by atoms with Crippen LogP contribution in [-0.2, 0) is 24.0 Å². The number of benzene rings is 2. The van der Waals surface area contributed by atoms with Crippen molar-refractivity contribution in [1.82, 2.24) is 5.06 Å². The predicted octanol–water partition coefficient (Wildman–Crippen LogP) is 3.50. The van der Waals surface area contributed by atoms with Gasteiger partial charge in [-0.2, -0.15) is 0 Å². The first kappa shape index (κ1) is 19.5. The van der Waals surface area contributed by atoms with Crippen LogP contribution in [0.4, 0.5) is 4.79 Å². The third-order valence-corrected chi connectivity index (χ3v) is 7.21. The standard InChI is InChI=1S/C21H23NO4Se/c1-20(2,3)25-19(24)22-15-21(18(23)26-22,17-12-8-5-9-13-17)27-14-16-10-6-4-7-11-16/h4-13H,14-15H2,1-3H3. The monoisotopic (exact) mass is 433 g/mol. The topological polar surface area (TPSA) is 55.8 Å². The first-order valence-corrected chi connectivity index (χ1v) is 10.8.